The molecule has 0 saturated carbocycles. The first kappa shape index (κ1) is 28.3. The van der Waals surface area contributed by atoms with Crippen molar-refractivity contribution in [2.45, 2.75) is 20.3 Å². The van der Waals surface area contributed by atoms with E-state index in [1.807, 2.05) is 43.6 Å². The van der Waals surface area contributed by atoms with Gasteiger partial charge in [-0.3, -0.25) is 9.97 Å². The SMILES string of the molecule is CCC(COc1ccc(OCC(=O)O)c(C)c1)=C(c1ccc(-c2cccnc2)cc1)c1ccc(-c2cccnc2)cc1. The van der Waals surface area contributed by atoms with Gasteiger partial charge in [0.25, 0.3) is 0 Å². The van der Waals surface area contributed by atoms with E-state index < -0.39 is 5.97 Å². The Bertz CT molecular complexity index is 1580. The van der Waals surface area contributed by atoms with Crippen LogP contribution >= 0.6 is 0 Å². The van der Waals surface area contributed by atoms with Crippen LogP contribution in [-0.4, -0.2) is 34.3 Å². The highest BCUT2D eigenvalue weighted by Gasteiger charge is 2.14. The highest BCUT2D eigenvalue weighted by atomic mass is 16.5. The lowest BCUT2D eigenvalue weighted by atomic mass is 9.90. The molecule has 0 spiro atoms. The quantitative estimate of drug-likeness (QED) is 0.178. The number of aromatic nitrogens is 2. The van der Waals surface area contributed by atoms with Crippen LogP contribution in [0.4, 0.5) is 0 Å². The summed E-state index contributed by atoms with van der Waals surface area (Å²) in [5.74, 6) is 0.209. The second-order valence-corrected chi connectivity index (χ2v) is 9.87. The summed E-state index contributed by atoms with van der Waals surface area (Å²) in [7, 11) is 0. The van der Waals surface area contributed by atoms with Gasteiger partial charge in [-0.05, 0) is 93.8 Å². The molecule has 0 amide bonds. The summed E-state index contributed by atoms with van der Waals surface area (Å²) in [4.78, 5) is 19.4. The van der Waals surface area contributed by atoms with Crippen molar-refractivity contribution < 1.29 is 19.4 Å². The third-order valence-electron chi connectivity index (χ3n) is 7.03. The van der Waals surface area contributed by atoms with Crippen LogP contribution in [0.1, 0.15) is 30.0 Å². The molecule has 6 nitrogen and oxygen atoms in total. The molecule has 210 valence electrons. The van der Waals surface area contributed by atoms with Crippen LogP contribution in [0.15, 0.2) is 121 Å². The van der Waals surface area contributed by atoms with E-state index in [4.69, 9.17) is 14.6 Å². The van der Waals surface area contributed by atoms with Crippen molar-refractivity contribution >= 4 is 11.5 Å². The Kier molecular flexibility index (Phi) is 9.04. The molecule has 6 heteroatoms. The van der Waals surface area contributed by atoms with Crippen molar-refractivity contribution in [3.05, 3.63) is 138 Å². The highest BCUT2D eigenvalue weighted by molar-refractivity contribution is 5.84. The van der Waals surface area contributed by atoms with Crippen molar-refractivity contribution in [1.29, 1.82) is 0 Å². The number of hydrogen-bond acceptors (Lipinski definition) is 5. The molecule has 0 saturated heterocycles. The average molecular weight is 557 g/mol. The molecule has 0 atom stereocenters. The van der Waals surface area contributed by atoms with Gasteiger partial charge >= 0.3 is 5.97 Å². The van der Waals surface area contributed by atoms with Gasteiger partial charge in [-0.2, -0.15) is 0 Å². The number of carboxylic acid groups (broad SMARTS) is 1. The summed E-state index contributed by atoms with van der Waals surface area (Å²) >= 11 is 0. The van der Waals surface area contributed by atoms with Crippen molar-refractivity contribution in [2.75, 3.05) is 13.2 Å². The molecule has 5 rings (SSSR count). The fourth-order valence-corrected chi connectivity index (χ4v) is 4.84. The average Bonchev–Trinajstić information content (AvgIpc) is 3.03. The third-order valence-corrected chi connectivity index (χ3v) is 7.03. The highest BCUT2D eigenvalue weighted by Crippen LogP contribution is 2.33. The maximum absolute atomic E-state index is 10.9. The van der Waals surface area contributed by atoms with Crippen molar-refractivity contribution in [1.82, 2.24) is 9.97 Å². The summed E-state index contributed by atoms with van der Waals surface area (Å²) in [6, 6.07) is 30.6. The number of hydrogen-bond donors (Lipinski definition) is 1. The first-order valence-electron chi connectivity index (χ1n) is 13.8. The molecule has 1 N–H and O–H groups in total. The van der Waals surface area contributed by atoms with E-state index in [-0.39, 0.29) is 6.61 Å². The number of aliphatic carboxylic acids is 1. The largest absolute Gasteiger partial charge is 0.489 e. The van der Waals surface area contributed by atoms with E-state index >= 15 is 0 Å². The van der Waals surface area contributed by atoms with Crippen LogP contribution in [0.2, 0.25) is 0 Å². The Labute approximate surface area is 246 Å². The van der Waals surface area contributed by atoms with Gasteiger partial charge in [0.2, 0.25) is 0 Å². The third kappa shape index (κ3) is 6.91. The number of pyridine rings is 2. The molecule has 2 aromatic heterocycles. The molecule has 0 aliphatic carbocycles. The molecular formula is C36H32N2O4. The molecular weight excluding hydrogens is 524 g/mol. The lowest BCUT2D eigenvalue weighted by Crippen LogP contribution is -2.10. The van der Waals surface area contributed by atoms with Gasteiger partial charge in [0.1, 0.15) is 18.1 Å². The maximum atomic E-state index is 10.9. The number of nitrogens with zero attached hydrogens (tertiary/aromatic N) is 2. The van der Waals surface area contributed by atoms with Crippen LogP contribution in [-0.2, 0) is 4.79 Å². The molecule has 0 fully saturated rings. The maximum Gasteiger partial charge on any atom is 0.341 e. The summed E-state index contributed by atoms with van der Waals surface area (Å²) in [5, 5.41) is 8.92. The Morgan fingerprint density at radius 1 is 0.714 bits per heavy atom. The zero-order valence-corrected chi connectivity index (χ0v) is 23.7. The minimum atomic E-state index is -1.01. The summed E-state index contributed by atoms with van der Waals surface area (Å²) in [6.45, 7) is 4.03. The minimum Gasteiger partial charge on any atom is -0.489 e. The standard InChI is InChI=1S/C36H32N2O4/c1-3-26(23-41-33-16-17-34(25(2)20-33)42-24-35(39)40)36(29-12-8-27(9-13-29)31-6-4-18-37-21-31)30-14-10-28(11-15-30)32-7-5-19-38-22-32/h4-22H,3,23-24H2,1-2H3,(H,39,40). The Hall–Kier alpha value is -5.23. The predicted molar refractivity (Wildman–Crippen MR) is 165 cm³/mol. The van der Waals surface area contributed by atoms with Crippen LogP contribution < -0.4 is 9.47 Å². The number of rotatable bonds is 11. The van der Waals surface area contributed by atoms with Crippen LogP contribution in [0.3, 0.4) is 0 Å². The first-order valence-corrected chi connectivity index (χ1v) is 13.8. The molecule has 0 aliphatic heterocycles. The van der Waals surface area contributed by atoms with Gasteiger partial charge in [-0.25, -0.2) is 4.79 Å². The Morgan fingerprint density at radius 2 is 1.29 bits per heavy atom. The number of carboxylic acids is 1. The van der Waals surface area contributed by atoms with Gasteiger partial charge in [-0.15, -0.1) is 0 Å². The van der Waals surface area contributed by atoms with E-state index in [0.29, 0.717) is 18.1 Å². The Balaban J connectivity index is 1.47. The minimum absolute atomic E-state index is 0.383. The fourth-order valence-electron chi connectivity index (χ4n) is 4.84. The summed E-state index contributed by atoms with van der Waals surface area (Å²) in [5.41, 5.74) is 9.65. The molecule has 0 unspecified atom stereocenters. The zero-order chi connectivity index (χ0) is 29.3. The zero-order valence-electron chi connectivity index (χ0n) is 23.7. The lowest BCUT2D eigenvalue weighted by molar-refractivity contribution is -0.139. The van der Waals surface area contributed by atoms with Gasteiger partial charge in [-0.1, -0.05) is 67.6 Å². The van der Waals surface area contributed by atoms with Crippen LogP contribution in [0.5, 0.6) is 11.5 Å². The van der Waals surface area contributed by atoms with E-state index in [9.17, 15) is 4.79 Å². The monoisotopic (exact) mass is 556 g/mol. The molecule has 0 aliphatic rings. The number of aryl methyl sites for hydroxylation is 1. The molecule has 0 radical (unpaired) electrons. The molecule has 42 heavy (non-hydrogen) atoms. The van der Waals surface area contributed by atoms with Gasteiger partial charge in [0, 0.05) is 24.8 Å². The number of benzene rings is 3. The predicted octanol–water partition coefficient (Wildman–Crippen LogP) is 7.87. The van der Waals surface area contributed by atoms with E-state index in [0.717, 1.165) is 56.5 Å². The van der Waals surface area contributed by atoms with Crippen LogP contribution in [0, 0.1) is 6.92 Å². The first-order chi connectivity index (χ1) is 20.5. The lowest BCUT2D eigenvalue weighted by Gasteiger charge is -2.18. The smallest absolute Gasteiger partial charge is 0.341 e. The summed E-state index contributed by atoms with van der Waals surface area (Å²) in [6.07, 6.45) is 8.09. The normalized spacial score (nSPS) is 10.6. The summed E-state index contributed by atoms with van der Waals surface area (Å²) < 4.78 is 11.6. The van der Waals surface area contributed by atoms with Gasteiger partial charge in [0.15, 0.2) is 6.61 Å². The van der Waals surface area contributed by atoms with E-state index in [1.165, 1.54) is 0 Å². The topological polar surface area (TPSA) is 81.5 Å². The molecule has 5 aromatic rings. The van der Waals surface area contributed by atoms with E-state index in [2.05, 4.69) is 77.6 Å². The van der Waals surface area contributed by atoms with Crippen molar-refractivity contribution in [2.24, 2.45) is 0 Å². The van der Waals surface area contributed by atoms with Gasteiger partial charge in [0.05, 0.1) is 0 Å². The molecule has 3 aromatic carbocycles. The van der Waals surface area contributed by atoms with Crippen molar-refractivity contribution in [3.63, 3.8) is 0 Å². The second-order valence-electron chi connectivity index (χ2n) is 9.87. The second kappa shape index (κ2) is 13.4. The molecule has 0 bridgehead atoms. The number of carbonyl (C=O) groups is 1. The van der Waals surface area contributed by atoms with E-state index in [1.54, 1.807) is 18.5 Å². The fraction of sp³-hybridized carbons (Fsp3) is 0.139. The Morgan fingerprint density at radius 3 is 1.74 bits per heavy atom. The van der Waals surface area contributed by atoms with Crippen LogP contribution in [0.25, 0.3) is 27.8 Å². The molecule has 2 heterocycles. The number of ether oxygens (including phenoxy) is 2. The van der Waals surface area contributed by atoms with Crippen molar-refractivity contribution in [3.8, 4) is 33.8 Å². The van der Waals surface area contributed by atoms with Gasteiger partial charge < -0.3 is 14.6 Å².